The number of aliphatic imine (C=N–C) groups is 1. The summed E-state index contributed by atoms with van der Waals surface area (Å²) in [5.41, 5.74) is -1.33. The Morgan fingerprint density at radius 2 is 1.86 bits per heavy atom. The Morgan fingerprint density at radius 1 is 1.29 bits per heavy atom. The standard InChI is InChI=1S/C9H6ClF5N2O3S/c10-3-8(16)17-6-2-7(5(12)1-4(6)11)20-21(18,19)9(13,14)15/h1-2H,3H2,(H2,16,17). The first-order valence-corrected chi connectivity index (χ1v) is 6.81. The van der Waals surface area contributed by atoms with E-state index in [1.165, 1.54) is 0 Å². The van der Waals surface area contributed by atoms with E-state index < -0.39 is 38.7 Å². The Labute approximate surface area is 120 Å². The van der Waals surface area contributed by atoms with Crippen molar-refractivity contribution in [1.29, 1.82) is 0 Å². The molecule has 2 N–H and O–H groups in total. The predicted molar refractivity (Wildman–Crippen MR) is 64.0 cm³/mol. The van der Waals surface area contributed by atoms with Gasteiger partial charge in [0.2, 0.25) is 0 Å². The van der Waals surface area contributed by atoms with Crippen LogP contribution in [0.4, 0.5) is 27.6 Å². The highest BCUT2D eigenvalue weighted by atomic mass is 35.5. The fourth-order valence-electron chi connectivity index (χ4n) is 1.02. The third kappa shape index (κ3) is 4.17. The normalized spacial score (nSPS) is 13.3. The Bertz CT molecular complexity index is 675. The van der Waals surface area contributed by atoms with Crippen molar-refractivity contribution in [2.24, 2.45) is 10.7 Å². The van der Waals surface area contributed by atoms with Gasteiger partial charge in [0.15, 0.2) is 17.4 Å². The largest absolute Gasteiger partial charge is 0.534 e. The predicted octanol–water partition coefficient (Wildman–Crippen LogP) is 2.42. The maximum absolute atomic E-state index is 13.3. The van der Waals surface area contributed by atoms with Gasteiger partial charge in [-0.15, -0.1) is 11.6 Å². The summed E-state index contributed by atoms with van der Waals surface area (Å²) in [5.74, 6) is -5.00. The molecule has 118 valence electrons. The second-order valence-corrected chi connectivity index (χ2v) is 5.26. The summed E-state index contributed by atoms with van der Waals surface area (Å²) in [6, 6.07) is 0.412. The Balaban J connectivity index is 3.30. The summed E-state index contributed by atoms with van der Waals surface area (Å²) in [4.78, 5) is 3.34. The fourth-order valence-corrected chi connectivity index (χ4v) is 1.54. The summed E-state index contributed by atoms with van der Waals surface area (Å²) in [5, 5.41) is 0. The lowest BCUT2D eigenvalue weighted by Gasteiger charge is -2.10. The van der Waals surface area contributed by atoms with Gasteiger partial charge in [-0.25, -0.2) is 13.8 Å². The Morgan fingerprint density at radius 3 is 2.33 bits per heavy atom. The first-order chi connectivity index (χ1) is 9.48. The fraction of sp³-hybridized carbons (Fsp3) is 0.222. The monoisotopic (exact) mass is 352 g/mol. The molecular formula is C9H6ClF5N2O3S. The van der Waals surface area contributed by atoms with Crippen molar-refractivity contribution in [3.05, 3.63) is 23.8 Å². The number of benzene rings is 1. The molecule has 0 aliphatic rings. The second kappa shape index (κ2) is 6.02. The number of alkyl halides is 4. The molecule has 0 atom stereocenters. The van der Waals surface area contributed by atoms with Gasteiger partial charge in [0.25, 0.3) is 0 Å². The Hall–Kier alpha value is -1.62. The summed E-state index contributed by atoms with van der Waals surface area (Å²) < 4.78 is 88.0. The number of nitrogens with zero attached hydrogens (tertiary/aromatic N) is 1. The highest BCUT2D eigenvalue weighted by Gasteiger charge is 2.49. The zero-order valence-corrected chi connectivity index (χ0v) is 11.4. The molecule has 0 bridgehead atoms. The van der Waals surface area contributed by atoms with Crippen LogP contribution in [-0.4, -0.2) is 25.6 Å². The third-order valence-corrected chi connectivity index (χ3v) is 3.13. The maximum atomic E-state index is 13.3. The van der Waals surface area contributed by atoms with Gasteiger partial charge in [-0.2, -0.15) is 21.6 Å². The minimum Gasteiger partial charge on any atom is -0.386 e. The number of rotatable bonds is 4. The van der Waals surface area contributed by atoms with Crippen LogP contribution in [0, 0.1) is 11.6 Å². The van der Waals surface area contributed by atoms with Gasteiger partial charge in [-0.05, 0) is 0 Å². The molecule has 0 amide bonds. The highest BCUT2D eigenvalue weighted by molar-refractivity contribution is 7.88. The van der Waals surface area contributed by atoms with Gasteiger partial charge < -0.3 is 9.92 Å². The summed E-state index contributed by atoms with van der Waals surface area (Å²) >= 11 is 5.26. The molecule has 1 aromatic carbocycles. The lowest BCUT2D eigenvalue weighted by Crippen LogP contribution is -2.28. The molecule has 0 saturated carbocycles. The molecule has 0 unspecified atom stereocenters. The number of nitrogens with two attached hydrogens (primary N) is 1. The number of hydrogen-bond donors (Lipinski definition) is 1. The van der Waals surface area contributed by atoms with Crippen LogP contribution in [0.5, 0.6) is 5.75 Å². The SMILES string of the molecule is NC(CCl)=Nc1cc(OS(=O)(=O)C(F)(F)F)c(F)cc1F. The molecule has 0 spiro atoms. The second-order valence-electron chi connectivity index (χ2n) is 3.45. The number of amidine groups is 1. The summed E-state index contributed by atoms with van der Waals surface area (Å²) in [6.45, 7) is 0. The quantitative estimate of drug-likeness (QED) is 0.225. The van der Waals surface area contributed by atoms with Crippen molar-refractivity contribution in [2.45, 2.75) is 5.51 Å². The van der Waals surface area contributed by atoms with Gasteiger partial charge in [-0.1, -0.05) is 0 Å². The smallest absolute Gasteiger partial charge is 0.386 e. The Kier molecular flexibility index (Phi) is 4.99. The first-order valence-electron chi connectivity index (χ1n) is 4.86. The van der Waals surface area contributed by atoms with Crippen LogP contribution in [0.2, 0.25) is 0 Å². The molecule has 0 aliphatic heterocycles. The molecule has 0 radical (unpaired) electrons. The van der Waals surface area contributed by atoms with Crippen LogP contribution in [0.3, 0.4) is 0 Å². The molecule has 12 heteroatoms. The highest BCUT2D eigenvalue weighted by Crippen LogP contribution is 2.32. The molecule has 0 heterocycles. The maximum Gasteiger partial charge on any atom is 0.534 e. The third-order valence-electron chi connectivity index (χ3n) is 1.89. The van der Waals surface area contributed by atoms with Crippen molar-refractivity contribution in [2.75, 3.05) is 5.88 Å². The van der Waals surface area contributed by atoms with Crippen molar-refractivity contribution >= 4 is 33.2 Å². The van der Waals surface area contributed by atoms with E-state index in [1.807, 2.05) is 0 Å². The summed E-state index contributed by atoms with van der Waals surface area (Å²) in [6.07, 6.45) is 0. The van der Waals surface area contributed by atoms with E-state index in [2.05, 4.69) is 9.18 Å². The van der Waals surface area contributed by atoms with E-state index in [0.717, 1.165) is 0 Å². The lowest BCUT2D eigenvalue weighted by molar-refractivity contribution is -0.0500. The first kappa shape index (κ1) is 17.4. The van der Waals surface area contributed by atoms with E-state index >= 15 is 0 Å². The van der Waals surface area contributed by atoms with Crippen LogP contribution in [0.1, 0.15) is 0 Å². The van der Waals surface area contributed by atoms with E-state index in [1.54, 1.807) is 0 Å². The zero-order chi connectivity index (χ0) is 16.4. The molecule has 1 aromatic rings. The summed E-state index contributed by atoms with van der Waals surface area (Å²) in [7, 11) is -6.11. The molecule has 5 nitrogen and oxygen atoms in total. The van der Waals surface area contributed by atoms with Crippen LogP contribution < -0.4 is 9.92 Å². The average molecular weight is 353 g/mol. The molecule has 0 saturated heterocycles. The van der Waals surface area contributed by atoms with Gasteiger partial charge >= 0.3 is 15.6 Å². The van der Waals surface area contributed by atoms with E-state index in [4.69, 9.17) is 17.3 Å². The van der Waals surface area contributed by atoms with Gasteiger partial charge in [0.1, 0.15) is 11.5 Å². The van der Waals surface area contributed by atoms with Gasteiger partial charge in [0, 0.05) is 12.1 Å². The zero-order valence-electron chi connectivity index (χ0n) is 9.79. The van der Waals surface area contributed by atoms with E-state index in [0.29, 0.717) is 6.07 Å². The lowest BCUT2D eigenvalue weighted by atomic mass is 10.3. The van der Waals surface area contributed by atoms with Crippen molar-refractivity contribution in [3.8, 4) is 5.75 Å². The van der Waals surface area contributed by atoms with Gasteiger partial charge in [-0.3, -0.25) is 0 Å². The van der Waals surface area contributed by atoms with Crippen LogP contribution in [0.15, 0.2) is 17.1 Å². The van der Waals surface area contributed by atoms with Crippen LogP contribution in [0.25, 0.3) is 0 Å². The van der Waals surface area contributed by atoms with Crippen molar-refractivity contribution < 1.29 is 34.6 Å². The molecule has 21 heavy (non-hydrogen) atoms. The van der Waals surface area contributed by atoms with Crippen LogP contribution >= 0.6 is 11.6 Å². The topological polar surface area (TPSA) is 81.8 Å². The molecular weight excluding hydrogens is 347 g/mol. The van der Waals surface area contributed by atoms with E-state index in [9.17, 15) is 30.4 Å². The molecule has 0 aromatic heterocycles. The average Bonchev–Trinajstić information content (AvgIpc) is 2.33. The minimum absolute atomic E-state index is 0.0988. The van der Waals surface area contributed by atoms with E-state index in [-0.39, 0.29) is 17.8 Å². The number of halogens is 6. The van der Waals surface area contributed by atoms with Crippen LogP contribution in [-0.2, 0) is 10.1 Å². The van der Waals surface area contributed by atoms with Crippen molar-refractivity contribution in [3.63, 3.8) is 0 Å². The molecule has 0 fully saturated rings. The molecule has 0 aliphatic carbocycles. The van der Waals surface area contributed by atoms with Gasteiger partial charge in [0.05, 0.1) is 5.88 Å². The number of hydrogen-bond acceptors (Lipinski definition) is 4. The van der Waals surface area contributed by atoms with Crippen molar-refractivity contribution in [1.82, 2.24) is 0 Å². The molecule has 1 rings (SSSR count). The minimum atomic E-state index is -6.11.